The first-order valence-electron chi connectivity index (χ1n) is 7.17. The van der Waals surface area contributed by atoms with E-state index in [2.05, 4.69) is 0 Å². The van der Waals surface area contributed by atoms with Gasteiger partial charge in [0.25, 0.3) is 0 Å². The Labute approximate surface area is 131 Å². The standard InChI is InChI=1S/C15H22ClNO3S/c1-3-20-10-15(9-17)13(14(15)21(18,19)4-2)11-5-7-12(16)8-6-11/h5-8,13-14H,3-4,9-10,17H2,1-2H3. The van der Waals surface area contributed by atoms with Crippen LogP contribution in [0.5, 0.6) is 0 Å². The molecular formula is C15H22ClNO3S. The van der Waals surface area contributed by atoms with Crippen LogP contribution in [0.15, 0.2) is 24.3 Å². The van der Waals surface area contributed by atoms with Crippen molar-refractivity contribution in [3.63, 3.8) is 0 Å². The average molecular weight is 332 g/mol. The molecular weight excluding hydrogens is 310 g/mol. The predicted molar refractivity (Wildman–Crippen MR) is 85.4 cm³/mol. The number of benzene rings is 1. The van der Waals surface area contributed by atoms with Gasteiger partial charge in [0, 0.05) is 35.3 Å². The summed E-state index contributed by atoms with van der Waals surface area (Å²) in [6, 6.07) is 7.34. The fourth-order valence-electron chi connectivity index (χ4n) is 3.14. The monoisotopic (exact) mass is 331 g/mol. The summed E-state index contributed by atoms with van der Waals surface area (Å²) in [5.41, 5.74) is 6.39. The van der Waals surface area contributed by atoms with Crippen molar-refractivity contribution >= 4 is 21.4 Å². The van der Waals surface area contributed by atoms with Gasteiger partial charge in [0.1, 0.15) is 0 Å². The Kier molecular flexibility index (Phi) is 4.98. The molecule has 21 heavy (non-hydrogen) atoms. The fraction of sp³-hybridized carbons (Fsp3) is 0.600. The van der Waals surface area contributed by atoms with E-state index in [0.717, 1.165) is 5.56 Å². The highest BCUT2D eigenvalue weighted by Crippen LogP contribution is 2.62. The van der Waals surface area contributed by atoms with Crippen LogP contribution in [0.1, 0.15) is 25.3 Å². The molecule has 0 aromatic heterocycles. The van der Waals surface area contributed by atoms with E-state index >= 15 is 0 Å². The van der Waals surface area contributed by atoms with E-state index in [9.17, 15) is 8.42 Å². The quantitative estimate of drug-likeness (QED) is 0.831. The van der Waals surface area contributed by atoms with Gasteiger partial charge < -0.3 is 10.5 Å². The van der Waals surface area contributed by atoms with Gasteiger partial charge in [-0.15, -0.1) is 0 Å². The summed E-state index contributed by atoms with van der Waals surface area (Å²) in [7, 11) is -3.18. The summed E-state index contributed by atoms with van der Waals surface area (Å²) in [5, 5.41) is 0.171. The number of nitrogens with two attached hydrogens (primary N) is 1. The molecule has 0 saturated heterocycles. The van der Waals surface area contributed by atoms with E-state index in [1.807, 2.05) is 19.1 Å². The smallest absolute Gasteiger partial charge is 0.154 e. The lowest BCUT2D eigenvalue weighted by Crippen LogP contribution is -2.29. The molecule has 1 aromatic carbocycles. The average Bonchev–Trinajstić information content (AvgIpc) is 3.16. The molecule has 2 N–H and O–H groups in total. The van der Waals surface area contributed by atoms with Crippen molar-refractivity contribution in [1.82, 2.24) is 0 Å². The van der Waals surface area contributed by atoms with Gasteiger partial charge >= 0.3 is 0 Å². The summed E-state index contributed by atoms with van der Waals surface area (Å²) < 4.78 is 30.4. The zero-order valence-corrected chi connectivity index (χ0v) is 14.0. The minimum absolute atomic E-state index is 0.115. The summed E-state index contributed by atoms with van der Waals surface area (Å²) in [6.45, 7) is 4.79. The number of ether oxygens (including phenoxy) is 1. The van der Waals surface area contributed by atoms with Gasteiger partial charge in [-0.05, 0) is 24.6 Å². The number of sulfone groups is 1. The Morgan fingerprint density at radius 3 is 2.38 bits per heavy atom. The van der Waals surface area contributed by atoms with E-state index in [1.54, 1.807) is 19.1 Å². The number of rotatable bonds is 7. The third kappa shape index (κ3) is 2.97. The normalized spacial score (nSPS) is 28.6. The molecule has 1 saturated carbocycles. The highest BCUT2D eigenvalue weighted by Gasteiger charge is 2.69. The summed E-state index contributed by atoms with van der Waals surface area (Å²) in [4.78, 5) is 0. The SMILES string of the molecule is CCOCC1(CN)C(c2ccc(Cl)cc2)C1S(=O)(=O)CC. The van der Waals surface area contributed by atoms with E-state index in [4.69, 9.17) is 22.1 Å². The second-order valence-corrected chi connectivity index (χ2v) is 8.32. The van der Waals surface area contributed by atoms with Gasteiger partial charge in [-0.2, -0.15) is 0 Å². The molecule has 0 spiro atoms. The van der Waals surface area contributed by atoms with Gasteiger partial charge in [-0.1, -0.05) is 30.7 Å². The summed E-state index contributed by atoms with van der Waals surface area (Å²) in [6.07, 6.45) is 0. The Bertz CT molecular complexity index is 587. The molecule has 1 aliphatic rings. The van der Waals surface area contributed by atoms with Crippen molar-refractivity contribution < 1.29 is 13.2 Å². The van der Waals surface area contributed by atoms with Crippen LogP contribution in [0, 0.1) is 5.41 Å². The molecule has 6 heteroatoms. The van der Waals surface area contributed by atoms with Crippen LogP contribution in [0.2, 0.25) is 5.02 Å². The highest BCUT2D eigenvalue weighted by molar-refractivity contribution is 7.92. The highest BCUT2D eigenvalue weighted by atomic mass is 35.5. The number of halogens is 1. The Morgan fingerprint density at radius 2 is 1.90 bits per heavy atom. The van der Waals surface area contributed by atoms with Crippen LogP contribution in [0.3, 0.4) is 0 Å². The predicted octanol–water partition coefficient (Wildman–Crippen LogP) is 2.22. The minimum Gasteiger partial charge on any atom is -0.381 e. The Hall–Kier alpha value is -0.620. The zero-order chi connectivity index (χ0) is 15.7. The largest absolute Gasteiger partial charge is 0.381 e. The fourth-order valence-corrected chi connectivity index (χ4v) is 5.42. The molecule has 0 aliphatic heterocycles. The lowest BCUT2D eigenvalue weighted by atomic mass is 10.00. The van der Waals surface area contributed by atoms with Gasteiger partial charge in [0.2, 0.25) is 0 Å². The molecule has 0 amide bonds. The number of hydrogen-bond acceptors (Lipinski definition) is 4. The maximum atomic E-state index is 12.4. The Balaban J connectivity index is 2.38. The van der Waals surface area contributed by atoms with E-state index in [-0.39, 0.29) is 11.7 Å². The molecule has 1 aromatic rings. The van der Waals surface area contributed by atoms with Crippen LogP contribution in [-0.4, -0.2) is 39.2 Å². The third-order valence-corrected chi connectivity index (χ3v) is 6.93. The van der Waals surface area contributed by atoms with E-state index in [0.29, 0.717) is 24.8 Å². The van der Waals surface area contributed by atoms with Gasteiger partial charge in [-0.3, -0.25) is 0 Å². The van der Waals surface area contributed by atoms with E-state index in [1.165, 1.54) is 0 Å². The number of hydrogen-bond donors (Lipinski definition) is 1. The first-order valence-corrected chi connectivity index (χ1v) is 9.27. The van der Waals surface area contributed by atoms with Crippen LogP contribution >= 0.6 is 11.6 Å². The second kappa shape index (κ2) is 6.24. The van der Waals surface area contributed by atoms with E-state index < -0.39 is 20.5 Å². The third-order valence-electron chi connectivity index (χ3n) is 4.35. The van der Waals surface area contributed by atoms with Crippen LogP contribution < -0.4 is 5.73 Å². The van der Waals surface area contributed by atoms with Crippen LogP contribution in [-0.2, 0) is 14.6 Å². The zero-order valence-electron chi connectivity index (χ0n) is 12.4. The molecule has 1 aliphatic carbocycles. The van der Waals surface area contributed by atoms with Crippen LogP contribution in [0.4, 0.5) is 0 Å². The van der Waals surface area contributed by atoms with Crippen molar-refractivity contribution in [3.05, 3.63) is 34.9 Å². The van der Waals surface area contributed by atoms with Crippen molar-refractivity contribution in [2.75, 3.05) is 25.5 Å². The first-order chi connectivity index (χ1) is 9.93. The van der Waals surface area contributed by atoms with Crippen molar-refractivity contribution in [3.8, 4) is 0 Å². The lowest BCUT2D eigenvalue weighted by molar-refractivity contribution is 0.101. The molecule has 1 fully saturated rings. The lowest BCUT2D eigenvalue weighted by Gasteiger charge is -2.15. The molecule has 3 unspecified atom stereocenters. The van der Waals surface area contributed by atoms with Crippen molar-refractivity contribution in [2.24, 2.45) is 11.1 Å². The topological polar surface area (TPSA) is 69.4 Å². The first kappa shape index (κ1) is 16.7. The van der Waals surface area contributed by atoms with Crippen molar-refractivity contribution in [2.45, 2.75) is 25.0 Å². The molecule has 118 valence electrons. The molecule has 3 atom stereocenters. The Morgan fingerprint density at radius 1 is 1.29 bits per heavy atom. The minimum atomic E-state index is -3.18. The maximum Gasteiger partial charge on any atom is 0.154 e. The van der Waals surface area contributed by atoms with Gasteiger partial charge in [0.05, 0.1) is 11.9 Å². The molecule has 0 heterocycles. The summed E-state index contributed by atoms with van der Waals surface area (Å²) in [5.74, 6) is 0.00610. The molecule has 2 rings (SSSR count). The summed E-state index contributed by atoms with van der Waals surface area (Å²) >= 11 is 5.91. The molecule has 0 radical (unpaired) electrons. The van der Waals surface area contributed by atoms with Gasteiger partial charge in [0.15, 0.2) is 9.84 Å². The molecule has 0 bridgehead atoms. The van der Waals surface area contributed by atoms with Crippen molar-refractivity contribution in [1.29, 1.82) is 0 Å². The molecule has 4 nitrogen and oxygen atoms in total. The maximum absolute atomic E-state index is 12.4. The van der Waals surface area contributed by atoms with Gasteiger partial charge in [-0.25, -0.2) is 8.42 Å². The van der Waals surface area contributed by atoms with Crippen LogP contribution in [0.25, 0.3) is 0 Å². The second-order valence-electron chi connectivity index (χ2n) is 5.48.